The molecule has 1 aliphatic rings. The molecule has 1 aliphatic heterocycles. The van der Waals surface area contributed by atoms with Crippen LogP contribution in [0.5, 0.6) is 0 Å². The zero-order valence-corrected chi connectivity index (χ0v) is 12.6. The van der Waals surface area contributed by atoms with E-state index in [0.29, 0.717) is 6.54 Å². The Kier molecular flexibility index (Phi) is 4.03. The van der Waals surface area contributed by atoms with E-state index >= 15 is 0 Å². The monoisotopic (exact) mass is 304 g/mol. The average Bonchev–Trinajstić information content (AvgIpc) is 2.92. The van der Waals surface area contributed by atoms with Gasteiger partial charge in [-0.15, -0.1) is 11.3 Å². The number of fused-ring (bicyclic) bond motifs is 1. The number of carbonyl (C=O) groups excluding carboxylic acids is 1. The summed E-state index contributed by atoms with van der Waals surface area (Å²) in [5, 5.41) is 6.17. The summed E-state index contributed by atoms with van der Waals surface area (Å²) in [5.41, 5.74) is 3.01. The van der Waals surface area contributed by atoms with Crippen LogP contribution in [0.2, 0.25) is 0 Å². The summed E-state index contributed by atoms with van der Waals surface area (Å²) in [6.45, 7) is 4.07. The predicted octanol–water partition coefficient (Wildman–Crippen LogP) is 2.77. The molecule has 3 nitrogen and oxygen atoms in total. The quantitative estimate of drug-likeness (QED) is 0.915. The van der Waals surface area contributed by atoms with Gasteiger partial charge in [-0.2, -0.15) is 0 Å². The lowest BCUT2D eigenvalue weighted by Gasteiger charge is -2.10. The van der Waals surface area contributed by atoms with E-state index < -0.39 is 0 Å². The number of benzene rings is 1. The topological polar surface area (TPSA) is 41.1 Å². The normalized spacial score (nSPS) is 13.8. The first-order chi connectivity index (χ1) is 10.1. The van der Waals surface area contributed by atoms with Crippen LogP contribution in [0.15, 0.2) is 24.3 Å². The molecule has 0 aliphatic carbocycles. The van der Waals surface area contributed by atoms with E-state index in [4.69, 9.17) is 0 Å². The minimum atomic E-state index is -0.275. The molecule has 3 rings (SSSR count). The number of carbonyl (C=O) groups is 1. The highest BCUT2D eigenvalue weighted by atomic mass is 32.1. The molecule has 0 unspecified atom stereocenters. The van der Waals surface area contributed by atoms with Gasteiger partial charge in [0.15, 0.2) is 0 Å². The average molecular weight is 304 g/mol. The lowest BCUT2D eigenvalue weighted by molar-refractivity contribution is 0.0955. The lowest BCUT2D eigenvalue weighted by Crippen LogP contribution is -2.22. The molecule has 2 N–H and O–H groups in total. The molecule has 0 bridgehead atoms. The summed E-state index contributed by atoms with van der Waals surface area (Å²) in [6, 6.07) is 6.59. The molecule has 2 aromatic rings. The summed E-state index contributed by atoms with van der Waals surface area (Å²) in [5.74, 6) is -0.361. The van der Waals surface area contributed by atoms with Crippen molar-refractivity contribution < 1.29 is 9.18 Å². The molecule has 110 valence electrons. The minimum absolute atomic E-state index is 0.0851. The van der Waals surface area contributed by atoms with Crippen LogP contribution in [-0.4, -0.2) is 12.5 Å². The maximum atomic E-state index is 13.2. The first-order valence-corrected chi connectivity index (χ1v) is 7.80. The molecule has 0 radical (unpaired) electrons. The first kappa shape index (κ1) is 14.2. The summed E-state index contributed by atoms with van der Waals surface area (Å²) in [7, 11) is 0. The molecule has 0 saturated carbocycles. The van der Waals surface area contributed by atoms with Gasteiger partial charge in [-0.1, -0.05) is 6.07 Å². The standard InChI is InChI=1S/C16H17FN2OS/c1-10-2-3-13(17)6-11(10)9-19-16(20)15-7-12-8-18-5-4-14(12)21-15/h2-3,6-7,18H,4-5,8-9H2,1H3,(H,19,20). The number of aryl methyl sites for hydroxylation is 1. The van der Waals surface area contributed by atoms with Crippen molar-refractivity contribution in [2.24, 2.45) is 0 Å². The molecule has 0 saturated heterocycles. The Hall–Kier alpha value is -1.72. The highest BCUT2D eigenvalue weighted by molar-refractivity contribution is 7.14. The van der Waals surface area contributed by atoms with Crippen molar-refractivity contribution in [3.63, 3.8) is 0 Å². The Bertz CT molecular complexity index is 657. The van der Waals surface area contributed by atoms with Crippen molar-refractivity contribution in [2.45, 2.75) is 26.4 Å². The molecule has 1 aromatic heterocycles. The van der Waals surface area contributed by atoms with Gasteiger partial charge < -0.3 is 10.6 Å². The largest absolute Gasteiger partial charge is 0.347 e. The first-order valence-electron chi connectivity index (χ1n) is 6.99. The van der Waals surface area contributed by atoms with Crippen molar-refractivity contribution in [1.82, 2.24) is 10.6 Å². The van der Waals surface area contributed by atoms with Crippen LogP contribution < -0.4 is 10.6 Å². The van der Waals surface area contributed by atoms with Gasteiger partial charge in [0, 0.05) is 24.5 Å². The third kappa shape index (κ3) is 3.14. The Morgan fingerprint density at radius 3 is 3.10 bits per heavy atom. The molecule has 0 atom stereocenters. The van der Waals surface area contributed by atoms with E-state index in [1.807, 2.05) is 13.0 Å². The van der Waals surface area contributed by atoms with E-state index in [-0.39, 0.29) is 11.7 Å². The second kappa shape index (κ2) is 5.95. The fraction of sp³-hybridized carbons (Fsp3) is 0.312. The van der Waals surface area contributed by atoms with E-state index in [1.54, 1.807) is 17.4 Å². The highest BCUT2D eigenvalue weighted by Gasteiger charge is 2.16. The number of hydrogen-bond donors (Lipinski definition) is 2. The van der Waals surface area contributed by atoms with Gasteiger partial charge >= 0.3 is 0 Å². The summed E-state index contributed by atoms with van der Waals surface area (Å²) in [4.78, 5) is 14.2. The lowest BCUT2D eigenvalue weighted by atomic mass is 10.1. The van der Waals surface area contributed by atoms with Crippen LogP contribution in [0, 0.1) is 12.7 Å². The minimum Gasteiger partial charge on any atom is -0.347 e. The molecule has 1 aromatic carbocycles. The maximum Gasteiger partial charge on any atom is 0.261 e. The number of hydrogen-bond acceptors (Lipinski definition) is 3. The van der Waals surface area contributed by atoms with Crippen molar-refractivity contribution >= 4 is 17.2 Å². The molecule has 0 fully saturated rings. The number of rotatable bonds is 3. The zero-order valence-electron chi connectivity index (χ0n) is 11.8. The zero-order chi connectivity index (χ0) is 14.8. The second-order valence-electron chi connectivity index (χ2n) is 5.24. The fourth-order valence-corrected chi connectivity index (χ4v) is 3.56. The number of halogens is 1. The van der Waals surface area contributed by atoms with Gasteiger partial charge in [0.25, 0.3) is 5.91 Å². The molecule has 0 spiro atoms. The van der Waals surface area contributed by atoms with E-state index in [1.165, 1.54) is 22.6 Å². The molecule has 2 heterocycles. The molecular formula is C16H17FN2OS. The number of amides is 1. The van der Waals surface area contributed by atoms with Crippen LogP contribution in [0.25, 0.3) is 0 Å². The highest BCUT2D eigenvalue weighted by Crippen LogP contribution is 2.25. The van der Waals surface area contributed by atoms with Crippen molar-refractivity contribution in [3.8, 4) is 0 Å². The van der Waals surface area contributed by atoms with E-state index in [2.05, 4.69) is 10.6 Å². The Morgan fingerprint density at radius 1 is 1.43 bits per heavy atom. The van der Waals surface area contributed by atoms with Crippen LogP contribution >= 0.6 is 11.3 Å². The Morgan fingerprint density at radius 2 is 2.29 bits per heavy atom. The van der Waals surface area contributed by atoms with Crippen LogP contribution in [-0.2, 0) is 19.5 Å². The third-order valence-corrected chi connectivity index (χ3v) is 4.95. The molecule has 21 heavy (non-hydrogen) atoms. The smallest absolute Gasteiger partial charge is 0.261 e. The van der Waals surface area contributed by atoms with Crippen molar-refractivity contribution in [3.05, 3.63) is 56.5 Å². The summed E-state index contributed by atoms with van der Waals surface area (Å²) < 4.78 is 13.2. The number of nitrogens with one attached hydrogen (secondary N) is 2. The van der Waals surface area contributed by atoms with Gasteiger partial charge in [-0.25, -0.2) is 4.39 Å². The molecular weight excluding hydrogens is 287 g/mol. The maximum absolute atomic E-state index is 13.2. The van der Waals surface area contributed by atoms with Gasteiger partial charge in [0.2, 0.25) is 0 Å². The third-order valence-electron chi connectivity index (χ3n) is 3.72. The summed E-state index contributed by atoms with van der Waals surface area (Å²) in [6.07, 6.45) is 0.982. The van der Waals surface area contributed by atoms with E-state index in [0.717, 1.165) is 35.5 Å². The van der Waals surface area contributed by atoms with Gasteiger partial charge in [0.1, 0.15) is 5.82 Å². The van der Waals surface area contributed by atoms with E-state index in [9.17, 15) is 9.18 Å². The number of thiophene rings is 1. The summed E-state index contributed by atoms with van der Waals surface area (Å²) >= 11 is 1.56. The van der Waals surface area contributed by atoms with Crippen LogP contribution in [0.1, 0.15) is 31.2 Å². The van der Waals surface area contributed by atoms with Crippen molar-refractivity contribution in [1.29, 1.82) is 0 Å². The molecule has 1 amide bonds. The van der Waals surface area contributed by atoms with Gasteiger partial charge in [0.05, 0.1) is 4.88 Å². The van der Waals surface area contributed by atoms with Crippen molar-refractivity contribution in [2.75, 3.05) is 6.54 Å². The SMILES string of the molecule is Cc1ccc(F)cc1CNC(=O)c1cc2c(s1)CCNC2. The van der Waals surface area contributed by atoms with Gasteiger partial charge in [-0.05, 0) is 48.2 Å². The fourth-order valence-electron chi connectivity index (χ4n) is 2.46. The van der Waals surface area contributed by atoms with Gasteiger partial charge in [-0.3, -0.25) is 4.79 Å². The van der Waals surface area contributed by atoms with Crippen LogP contribution in [0.3, 0.4) is 0 Å². The van der Waals surface area contributed by atoms with Crippen LogP contribution in [0.4, 0.5) is 4.39 Å². The Balaban J connectivity index is 1.69. The second-order valence-corrected chi connectivity index (χ2v) is 6.38. The predicted molar refractivity (Wildman–Crippen MR) is 82.0 cm³/mol. The Labute approximate surface area is 127 Å². The molecule has 5 heteroatoms.